The zero-order valence-corrected chi connectivity index (χ0v) is 18.2. The van der Waals surface area contributed by atoms with E-state index in [1.165, 1.54) is 0 Å². The largest absolute Gasteiger partial charge is 0.480 e. The lowest BCUT2D eigenvalue weighted by atomic mass is 10.2. The average molecular weight is 449 g/mol. The number of ether oxygens (including phenoxy) is 2. The highest BCUT2D eigenvalue weighted by atomic mass is 79.9. The van der Waals surface area contributed by atoms with Crippen molar-refractivity contribution in [2.24, 2.45) is 0 Å². The molecule has 2 aromatic rings. The summed E-state index contributed by atoms with van der Waals surface area (Å²) in [4.78, 5) is 24.2. The minimum atomic E-state index is -0.682. The van der Waals surface area contributed by atoms with Crippen molar-refractivity contribution in [3.63, 3.8) is 0 Å². The van der Waals surface area contributed by atoms with Gasteiger partial charge in [-0.05, 0) is 92.5 Å². The van der Waals surface area contributed by atoms with Crippen LogP contribution in [0, 0.1) is 6.92 Å². The molecule has 0 fully saturated rings. The Morgan fingerprint density at radius 1 is 1.00 bits per heavy atom. The van der Waals surface area contributed by atoms with Crippen molar-refractivity contribution in [3.05, 3.63) is 52.5 Å². The van der Waals surface area contributed by atoms with E-state index in [-0.39, 0.29) is 5.91 Å². The summed E-state index contributed by atoms with van der Waals surface area (Å²) in [5.74, 6) is 0.325. The van der Waals surface area contributed by atoms with Gasteiger partial charge >= 0.3 is 6.09 Å². The zero-order valence-electron chi connectivity index (χ0n) is 16.6. The molecule has 1 atom stereocenters. The second kappa shape index (κ2) is 9.10. The number of anilines is 2. The monoisotopic (exact) mass is 448 g/mol. The third-order valence-electron chi connectivity index (χ3n) is 3.56. The van der Waals surface area contributed by atoms with Gasteiger partial charge in [0.1, 0.15) is 11.4 Å². The van der Waals surface area contributed by atoms with Gasteiger partial charge in [-0.25, -0.2) is 4.79 Å². The molecule has 7 heteroatoms. The van der Waals surface area contributed by atoms with Crippen LogP contribution in [0.25, 0.3) is 0 Å². The van der Waals surface area contributed by atoms with Crippen LogP contribution in [0.2, 0.25) is 0 Å². The van der Waals surface area contributed by atoms with E-state index in [4.69, 9.17) is 9.47 Å². The molecule has 6 nitrogen and oxygen atoms in total. The van der Waals surface area contributed by atoms with Crippen LogP contribution in [-0.2, 0) is 9.53 Å². The maximum Gasteiger partial charge on any atom is 0.412 e. The Labute approximate surface area is 173 Å². The van der Waals surface area contributed by atoms with Crippen molar-refractivity contribution in [2.45, 2.75) is 46.3 Å². The number of aryl methyl sites for hydroxylation is 1. The van der Waals surface area contributed by atoms with Crippen LogP contribution >= 0.6 is 15.9 Å². The lowest BCUT2D eigenvalue weighted by Crippen LogP contribution is -2.30. The highest BCUT2D eigenvalue weighted by molar-refractivity contribution is 9.10. The zero-order chi connectivity index (χ0) is 20.9. The van der Waals surface area contributed by atoms with Gasteiger partial charge in [0.15, 0.2) is 6.10 Å². The van der Waals surface area contributed by atoms with Crippen molar-refractivity contribution in [1.29, 1.82) is 0 Å². The Kier molecular flexibility index (Phi) is 7.07. The van der Waals surface area contributed by atoms with Crippen LogP contribution in [-0.4, -0.2) is 23.7 Å². The number of benzene rings is 2. The smallest absolute Gasteiger partial charge is 0.412 e. The molecule has 2 N–H and O–H groups in total. The highest BCUT2D eigenvalue weighted by Gasteiger charge is 2.17. The van der Waals surface area contributed by atoms with E-state index in [0.29, 0.717) is 17.1 Å². The molecule has 2 aromatic carbocycles. The molecule has 0 saturated carbocycles. The van der Waals surface area contributed by atoms with E-state index in [1.54, 1.807) is 52.0 Å². The minimum absolute atomic E-state index is 0.277. The van der Waals surface area contributed by atoms with E-state index in [9.17, 15) is 9.59 Å². The van der Waals surface area contributed by atoms with Gasteiger partial charge in [-0.2, -0.15) is 0 Å². The maximum absolute atomic E-state index is 12.4. The standard InChI is InChI=1S/C21H25BrN2O4/c1-13-6-11-18(17(22)12-13)27-14(2)19(25)23-15-7-9-16(10-8-15)24-20(26)28-21(3,4)5/h6-12,14H,1-5H3,(H,23,25)(H,24,26). The summed E-state index contributed by atoms with van der Waals surface area (Å²) in [5, 5.41) is 5.43. The molecule has 150 valence electrons. The van der Waals surface area contributed by atoms with E-state index in [1.807, 2.05) is 25.1 Å². The van der Waals surface area contributed by atoms with Gasteiger partial charge < -0.3 is 14.8 Å². The molecule has 0 heterocycles. The van der Waals surface area contributed by atoms with Gasteiger partial charge in [0.25, 0.3) is 5.91 Å². The summed E-state index contributed by atoms with van der Waals surface area (Å²) in [6.45, 7) is 9.04. The van der Waals surface area contributed by atoms with Crippen LogP contribution in [0.4, 0.5) is 16.2 Å². The molecule has 0 saturated heterocycles. The molecule has 0 spiro atoms. The fourth-order valence-corrected chi connectivity index (χ4v) is 2.83. The summed E-state index contributed by atoms with van der Waals surface area (Å²) in [6, 6.07) is 12.4. The van der Waals surface area contributed by atoms with Gasteiger partial charge in [-0.15, -0.1) is 0 Å². The third-order valence-corrected chi connectivity index (χ3v) is 4.18. The number of halogens is 1. The first-order valence-corrected chi connectivity index (χ1v) is 9.66. The van der Waals surface area contributed by atoms with E-state index < -0.39 is 17.8 Å². The Bertz CT molecular complexity index is 844. The van der Waals surface area contributed by atoms with Crippen molar-refractivity contribution in [1.82, 2.24) is 0 Å². The predicted octanol–water partition coefficient (Wildman–Crippen LogP) is 5.51. The van der Waals surface area contributed by atoms with Crippen LogP contribution in [0.3, 0.4) is 0 Å². The SMILES string of the molecule is Cc1ccc(OC(C)C(=O)Nc2ccc(NC(=O)OC(C)(C)C)cc2)c(Br)c1. The minimum Gasteiger partial charge on any atom is -0.480 e. The molecule has 0 aliphatic carbocycles. The Hall–Kier alpha value is -2.54. The second-order valence-electron chi connectivity index (χ2n) is 7.39. The summed E-state index contributed by atoms with van der Waals surface area (Å²) in [7, 11) is 0. The first-order chi connectivity index (χ1) is 13.0. The lowest BCUT2D eigenvalue weighted by molar-refractivity contribution is -0.122. The van der Waals surface area contributed by atoms with Gasteiger partial charge in [0.2, 0.25) is 0 Å². The van der Waals surface area contributed by atoms with Gasteiger partial charge in [-0.1, -0.05) is 6.07 Å². The fraction of sp³-hybridized carbons (Fsp3) is 0.333. The molecule has 2 rings (SSSR count). The van der Waals surface area contributed by atoms with Crippen molar-refractivity contribution in [3.8, 4) is 5.75 Å². The number of hydrogen-bond donors (Lipinski definition) is 2. The van der Waals surface area contributed by atoms with Crippen LogP contribution in [0.1, 0.15) is 33.3 Å². The first kappa shape index (κ1) is 21.8. The molecular formula is C21H25BrN2O4. The Balaban J connectivity index is 1.92. The van der Waals surface area contributed by atoms with E-state index >= 15 is 0 Å². The molecule has 1 unspecified atom stereocenters. The molecule has 0 aliphatic heterocycles. The summed E-state index contributed by atoms with van der Waals surface area (Å²) < 4.78 is 11.7. The van der Waals surface area contributed by atoms with E-state index in [0.717, 1.165) is 10.0 Å². The van der Waals surface area contributed by atoms with Gasteiger partial charge in [0, 0.05) is 11.4 Å². The molecule has 2 amide bonds. The number of hydrogen-bond acceptors (Lipinski definition) is 4. The van der Waals surface area contributed by atoms with Crippen molar-refractivity contribution in [2.75, 3.05) is 10.6 Å². The number of amides is 2. The van der Waals surface area contributed by atoms with Crippen LogP contribution in [0.15, 0.2) is 46.9 Å². The molecular weight excluding hydrogens is 424 g/mol. The van der Waals surface area contributed by atoms with E-state index in [2.05, 4.69) is 26.6 Å². The van der Waals surface area contributed by atoms with Crippen molar-refractivity contribution < 1.29 is 19.1 Å². The summed E-state index contributed by atoms with van der Waals surface area (Å²) >= 11 is 3.44. The molecule has 28 heavy (non-hydrogen) atoms. The predicted molar refractivity (Wildman–Crippen MR) is 114 cm³/mol. The first-order valence-electron chi connectivity index (χ1n) is 8.87. The van der Waals surface area contributed by atoms with Gasteiger partial charge in [-0.3, -0.25) is 10.1 Å². The number of carbonyl (C=O) groups is 2. The normalized spacial score (nSPS) is 12.1. The molecule has 0 aromatic heterocycles. The lowest BCUT2D eigenvalue weighted by Gasteiger charge is -2.19. The van der Waals surface area contributed by atoms with Crippen molar-refractivity contribution >= 4 is 39.3 Å². The number of carbonyl (C=O) groups excluding carboxylic acids is 2. The quantitative estimate of drug-likeness (QED) is 0.631. The number of nitrogens with one attached hydrogen (secondary N) is 2. The fourth-order valence-electron chi connectivity index (χ4n) is 2.25. The average Bonchev–Trinajstić information content (AvgIpc) is 2.57. The topological polar surface area (TPSA) is 76.7 Å². The van der Waals surface area contributed by atoms with Gasteiger partial charge in [0.05, 0.1) is 4.47 Å². The Morgan fingerprint density at radius 2 is 1.57 bits per heavy atom. The third kappa shape index (κ3) is 6.88. The second-order valence-corrected chi connectivity index (χ2v) is 8.24. The molecule has 0 bridgehead atoms. The summed E-state index contributed by atoms with van der Waals surface area (Å²) in [6.07, 6.45) is -1.21. The Morgan fingerprint density at radius 3 is 2.11 bits per heavy atom. The summed E-state index contributed by atoms with van der Waals surface area (Å²) in [5.41, 5.74) is 1.69. The van der Waals surface area contributed by atoms with Crippen LogP contribution in [0.5, 0.6) is 5.75 Å². The van der Waals surface area contributed by atoms with Crippen LogP contribution < -0.4 is 15.4 Å². The molecule has 0 aliphatic rings. The highest BCUT2D eigenvalue weighted by Crippen LogP contribution is 2.27. The molecule has 0 radical (unpaired) electrons. The number of rotatable bonds is 5. The maximum atomic E-state index is 12.4.